The van der Waals surface area contributed by atoms with Gasteiger partial charge in [0.1, 0.15) is 11.6 Å². The highest BCUT2D eigenvalue weighted by molar-refractivity contribution is 8.00. The Morgan fingerprint density at radius 3 is 2.76 bits per heavy atom. The molecule has 2 rings (SSSR count). The van der Waals surface area contributed by atoms with Crippen molar-refractivity contribution >= 4 is 29.0 Å². The fourth-order valence-corrected chi connectivity index (χ4v) is 3.33. The fraction of sp³-hybridized carbons (Fsp3) is 0.267. The van der Waals surface area contributed by atoms with Crippen LogP contribution in [0.2, 0.25) is 0 Å². The van der Waals surface area contributed by atoms with Crippen molar-refractivity contribution in [3.8, 4) is 0 Å². The van der Waals surface area contributed by atoms with Crippen LogP contribution in [0.4, 0.5) is 8.78 Å². The highest BCUT2D eigenvalue weighted by Crippen LogP contribution is 2.23. The Labute approximate surface area is 130 Å². The molecule has 1 aromatic carbocycles. The number of benzene rings is 1. The molecule has 0 spiro atoms. The zero-order valence-electron chi connectivity index (χ0n) is 11.5. The summed E-state index contributed by atoms with van der Waals surface area (Å²) in [7, 11) is 0. The maximum Gasteiger partial charge on any atom is 0.233 e. The number of halogens is 2. The summed E-state index contributed by atoms with van der Waals surface area (Å²) in [5, 5.41) is 1.97. The highest BCUT2D eigenvalue weighted by Gasteiger charge is 2.14. The number of thioether (sulfide) groups is 1. The van der Waals surface area contributed by atoms with Gasteiger partial charge in [0.05, 0.1) is 12.3 Å². The van der Waals surface area contributed by atoms with Crippen LogP contribution < -0.4 is 0 Å². The summed E-state index contributed by atoms with van der Waals surface area (Å²) >= 11 is 2.69. The van der Waals surface area contributed by atoms with Crippen molar-refractivity contribution in [3.63, 3.8) is 0 Å². The lowest BCUT2D eigenvalue weighted by Gasteiger charge is -2.20. The van der Waals surface area contributed by atoms with Crippen molar-refractivity contribution in [2.24, 2.45) is 0 Å². The van der Waals surface area contributed by atoms with Crippen LogP contribution in [0.3, 0.4) is 0 Å². The van der Waals surface area contributed by atoms with E-state index in [0.29, 0.717) is 13.1 Å². The second-order valence-corrected chi connectivity index (χ2v) is 6.40. The number of nitrogens with zero attached hydrogens (tertiary/aromatic N) is 1. The van der Waals surface area contributed by atoms with Gasteiger partial charge in [0.15, 0.2) is 0 Å². The predicted molar refractivity (Wildman–Crippen MR) is 82.5 cm³/mol. The SMILES string of the molecule is CCN(Cc1cccs1)C(=O)CSc1ccc(F)cc1F. The topological polar surface area (TPSA) is 20.3 Å². The Hall–Kier alpha value is -1.40. The summed E-state index contributed by atoms with van der Waals surface area (Å²) in [6, 6.07) is 7.31. The molecule has 112 valence electrons. The Morgan fingerprint density at radius 2 is 2.14 bits per heavy atom. The third kappa shape index (κ3) is 4.54. The standard InChI is InChI=1S/C15H15F2NOS2/c1-2-18(9-12-4-3-7-20-12)15(19)10-21-14-6-5-11(16)8-13(14)17/h3-8H,2,9-10H2,1H3. The van der Waals surface area contributed by atoms with Crippen molar-refractivity contribution in [2.75, 3.05) is 12.3 Å². The molecule has 0 radical (unpaired) electrons. The minimum absolute atomic E-state index is 0.0559. The van der Waals surface area contributed by atoms with Crippen molar-refractivity contribution in [2.45, 2.75) is 18.4 Å². The molecular weight excluding hydrogens is 312 g/mol. The predicted octanol–water partition coefficient (Wildman–Crippen LogP) is 4.17. The summed E-state index contributed by atoms with van der Waals surface area (Å²) in [4.78, 5) is 15.3. The Bertz CT molecular complexity index is 602. The van der Waals surface area contributed by atoms with Gasteiger partial charge in [-0.2, -0.15) is 0 Å². The molecule has 0 aliphatic carbocycles. The quantitative estimate of drug-likeness (QED) is 0.742. The molecule has 2 nitrogen and oxygen atoms in total. The van der Waals surface area contributed by atoms with Gasteiger partial charge < -0.3 is 4.90 Å². The van der Waals surface area contributed by atoms with Crippen molar-refractivity contribution in [1.82, 2.24) is 4.90 Å². The van der Waals surface area contributed by atoms with E-state index in [0.717, 1.165) is 22.7 Å². The minimum atomic E-state index is -0.630. The van der Waals surface area contributed by atoms with Crippen LogP contribution >= 0.6 is 23.1 Å². The number of hydrogen-bond donors (Lipinski definition) is 0. The second kappa shape index (κ2) is 7.56. The van der Waals surface area contributed by atoms with Crippen molar-refractivity contribution < 1.29 is 13.6 Å². The van der Waals surface area contributed by atoms with Gasteiger partial charge in [0, 0.05) is 22.4 Å². The largest absolute Gasteiger partial charge is 0.337 e. The van der Waals surface area contributed by atoms with E-state index in [1.165, 1.54) is 12.1 Å². The molecule has 0 N–H and O–H groups in total. The van der Waals surface area contributed by atoms with E-state index in [2.05, 4.69) is 0 Å². The lowest BCUT2D eigenvalue weighted by atomic mass is 10.3. The van der Waals surface area contributed by atoms with Crippen molar-refractivity contribution in [1.29, 1.82) is 0 Å². The minimum Gasteiger partial charge on any atom is -0.337 e. The Kier molecular flexibility index (Phi) is 5.76. The third-order valence-corrected chi connectivity index (χ3v) is 4.80. The molecule has 6 heteroatoms. The number of hydrogen-bond acceptors (Lipinski definition) is 3. The van der Waals surface area contributed by atoms with Crippen LogP contribution in [0, 0.1) is 11.6 Å². The second-order valence-electron chi connectivity index (χ2n) is 4.35. The van der Waals surface area contributed by atoms with Gasteiger partial charge >= 0.3 is 0 Å². The first-order valence-corrected chi connectivity index (χ1v) is 8.34. The lowest BCUT2D eigenvalue weighted by molar-refractivity contribution is -0.128. The molecule has 0 fully saturated rings. The van der Waals surface area contributed by atoms with Gasteiger partial charge in [-0.25, -0.2) is 8.78 Å². The average molecular weight is 327 g/mol. The Morgan fingerprint density at radius 1 is 1.33 bits per heavy atom. The van der Waals surface area contributed by atoms with E-state index in [1.807, 2.05) is 24.4 Å². The van der Waals surface area contributed by atoms with Gasteiger partial charge in [-0.3, -0.25) is 4.79 Å². The first-order chi connectivity index (χ1) is 10.1. The third-order valence-electron chi connectivity index (χ3n) is 2.91. The van der Waals surface area contributed by atoms with Crippen molar-refractivity contribution in [3.05, 3.63) is 52.2 Å². The van der Waals surface area contributed by atoms with E-state index >= 15 is 0 Å². The molecule has 0 aliphatic rings. The number of amides is 1. The van der Waals surface area contributed by atoms with Gasteiger partial charge in [-0.15, -0.1) is 23.1 Å². The summed E-state index contributed by atoms with van der Waals surface area (Å²) in [6.07, 6.45) is 0. The summed E-state index contributed by atoms with van der Waals surface area (Å²) in [6.45, 7) is 3.08. The lowest BCUT2D eigenvalue weighted by Crippen LogP contribution is -2.31. The average Bonchev–Trinajstić information content (AvgIpc) is 2.96. The van der Waals surface area contributed by atoms with E-state index in [1.54, 1.807) is 16.2 Å². The van der Waals surface area contributed by atoms with Gasteiger partial charge in [0.25, 0.3) is 0 Å². The molecule has 2 aromatic rings. The molecule has 0 saturated carbocycles. The summed E-state index contributed by atoms with van der Waals surface area (Å²) in [5.41, 5.74) is 0. The number of carbonyl (C=O) groups is 1. The smallest absolute Gasteiger partial charge is 0.233 e. The van der Waals surface area contributed by atoms with E-state index in [9.17, 15) is 13.6 Å². The molecule has 1 aromatic heterocycles. The van der Waals surface area contributed by atoms with E-state index in [4.69, 9.17) is 0 Å². The summed E-state index contributed by atoms with van der Waals surface area (Å²) < 4.78 is 26.3. The van der Waals surface area contributed by atoms with Gasteiger partial charge in [-0.1, -0.05) is 6.07 Å². The fourth-order valence-electron chi connectivity index (χ4n) is 1.79. The highest BCUT2D eigenvalue weighted by atomic mass is 32.2. The molecule has 1 heterocycles. The van der Waals surface area contributed by atoms with Crippen LogP contribution in [0.25, 0.3) is 0 Å². The van der Waals surface area contributed by atoms with Gasteiger partial charge in [0.2, 0.25) is 5.91 Å². The molecule has 1 amide bonds. The number of thiophene rings is 1. The molecule has 0 unspecified atom stereocenters. The molecule has 0 saturated heterocycles. The van der Waals surface area contributed by atoms with E-state index in [-0.39, 0.29) is 16.6 Å². The first-order valence-electron chi connectivity index (χ1n) is 6.48. The molecular formula is C15H15F2NOS2. The maximum absolute atomic E-state index is 13.5. The molecule has 21 heavy (non-hydrogen) atoms. The van der Waals surface area contributed by atoms with Crippen LogP contribution in [0.1, 0.15) is 11.8 Å². The van der Waals surface area contributed by atoms with Crippen LogP contribution in [-0.4, -0.2) is 23.1 Å². The zero-order valence-corrected chi connectivity index (χ0v) is 13.1. The number of rotatable bonds is 6. The normalized spacial score (nSPS) is 10.6. The molecule has 0 aliphatic heterocycles. The Balaban J connectivity index is 1.93. The van der Waals surface area contributed by atoms with Crippen LogP contribution in [0.15, 0.2) is 40.6 Å². The van der Waals surface area contributed by atoms with Crippen LogP contribution in [-0.2, 0) is 11.3 Å². The van der Waals surface area contributed by atoms with E-state index < -0.39 is 11.6 Å². The first kappa shape index (κ1) is 16.0. The summed E-state index contributed by atoms with van der Waals surface area (Å²) in [5.74, 6) is -1.16. The zero-order chi connectivity index (χ0) is 15.2. The number of carbonyl (C=O) groups excluding carboxylic acids is 1. The van der Waals surface area contributed by atoms with Gasteiger partial charge in [-0.05, 0) is 30.5 Å². The maximum atomic E-state index is 13.5. The van der Waals surface area contributed by atoms with Crippen LogP contribution in [0.5, 0.6) is 0 Å². The molecule has 0 bridgehead atoms. The monoisotopic (exact) mass is 327 g/mol. The molecule has 0 atom stereocenters.